The molecule has 3 aromatic carbocycles. The van der Waals surface area contributed by atoms with Crippen LogP contribution in [0.1, 0.15) is 16.7 Å². The first-order valence-corrected chi connectivity index (χ1v) is 8.93. The van der Waals surface area contributed by atoms with Gasteiger partial charge in [-0.1, -0.05) is 91.0 Å². The molecule has 1 aliphatic heterocycles. The number of hydrogen-bond donors (Lipinski definition) is 1. The van der Waals surface area contributed by atoms with E-state index in [1.54, 1.807) is 7.05 Å². The van der Waals surface area contributed by atoms with Gasteiger partial charge in [0.1, 0.15) is 6.04 Å². The second-order valence-corrected chi connectivity index (χ2v) is 6.59. The van der Waals surface area contributed by atoms with Crippen molar-refractivity contribution in [2.24, 2.45) is 0 Å². The fourth-order valence-corrected chi connectivity index (χ4v) is 3.94. The summed E-state index contributed by atoms with van der Waals surface area (Å²) in [6, 6.07) is 31.3. The maximum absolute atomic E-state index is 12.4. The third kappa shape index (κ3) is 2.61. The Morgan fingerprint density at radius 2 is 1.19 bits per heavy atom. The van der Waals surface area contributed by atoms with E-state index < -0.39 is 5.54 Å². The van der Waals surface area contributed by atoms with Crippen LogP contribution in [0, 0.1) is 0 Å². The van der Waals surface area contributed by atoms with Crippen molar-refractivity contribution in [3.05, 3.63) is 108 Å². The molecule has 0 saturated carbocycles. The quantitative estimate of drug-likeness (QED) is 0.569. The first kappa shape index (κ1) is 16.6. The van der Waals surface area contributed by atoms with E-state index in [4.69, 9.17) is 0 Å². The van der Waals surface area contributed by atoms with Gasteiger partial charge >= 0.3 is 0 Å². The van der Waals surface area contributed by atoms with Gasteiger partial charge in [0.05, 0.1) is 5.54 Å². The molecule has 1 aliphatic rings. The molecule has 3 nitrogen and oxygen atoms in total. The zero-order valence-corrected chi connectivity index (χ0v) is 14.8. The Hall–Kier alpha value is -2.91. The van der Waals surface area contributed by atoms with Gasteiger partial charge in [0, 0.05) is 13.6 Å². The zero-order chi connectivity index (χ0) is 18.0. The molecule has 1 fully saturated rings. The topological polar surface area (TPSA) is 32.1 Å². The number of carbonyl (C=O) groups excluding carboxylic acids is 1. The minimum atomic E-state index is -0.485. The summed E-state index contributed by atoms with van der Waals surface area (Å²) < 4.78 is 0. The molecule has 4 rings (SSSR count). The minimum absolute atomic E-state index is 0.0668. The molecule has 0 bridgehead atoms. The Morgan fingerprint density at radius 3 is 1.54 bits per heavy atom. The lowest BCUT2D eigenvalue weighted by molar-refractivity contribution is -0.121. The summed E-state index contributed by atoms with van der Waals surface area (Å²) in [4.78, 5) is 14.7. The molecular weight excluding hydrogens is 320 g/mol. The average molecular weight is 342 g/mol. The molecule has 0 radical (unpaired) electrons. The van der Waals surface area contributed by atoms with Crippen molar-refractivity contribution in [3.63, 3.8) is 0 Å². The fraction of sp³-hybridized carbons (Fsp3) is 0.174. The van der Waals surface area contributed by atoms with E-state index in [1.807, 2.05) is 18.2 Å². The lowest BCUT2D eigenvalue weighted by atomic mass is 9.76. The van der Waals surface area contributed by atoms with E-state index in [-0.39, 0.29) is 11.9 Å². The number of amides is 1. The predicted octanol–water partition coefficient (Wildman–Crippen LogP) is 3.41. The molecule has 26 heavy (non-hydrogen) atoms. The van der Waals surface area contributed by atoms with Crippen LogP contribution in [-0.4, -0.2) is 30.4 Å². The fourth-order valence-electron chi connectivity index (χ4n) is 3.94. The van der Waals surface area contributed by atoms with Crippen molar-refractivity contribution in [1.82, 2.24) is 10.2 Å². The molecule has 1 N–H and O–H groups in total. The zero-order valence-electron chi connectivity index (χ0n) is 14.8. The highest BCUT2D eigenvalue weighted by molar-refractivity contribution is 5.85. The van der Waals surface area contributed by atoms with Gasteiger partial charge in [-0.2, -0.15) is 0 Å². The van der Waals surface area contributed by atoms with Crippen molar-refractivity contribution < 1.29 is 4.79 Å². The molecule has 0 spiro atoms. The molecular formula is C23H22N2O. The van der Waals surface area contributed by atoms with Crippen LogP contribution >= 0.6 is 0 Å². The second-order valence-electron chi connectivity index (χ2n) is 6.59. The molecule has 130 valence electrons. The molecule has 0 aromatic heterocycles. The summed E-state index contributed by atoms with van der Waals surface area (Å²) in [5.41, 5.74) is 3.03. The second kappa shape index (κ2) is 6.77. The van der Waals surface area contributed by atoms with E-state index in [9.17, 15) is 4.79 Å². The maximum Gasteiger partial charge on any atom is 0.238 e. The van der Waals surface area contributed by atoms with Crippen molar-refractivity contribution in [1.29, 1.82) is 0 Å². The van der Waals surface area contributed by atoms with Crippen LogP contribution in [0.5, 0.6) is 0 Å². The monoisotopic (exact) mass is 342 g/mol. The van der Waals surface area contributed by atoms with Gasteiger partial charge in [0.2, 0.25) is 5.91 Å². The molecule has 2 atom stereocenters. The van der Waals surface area contributed by atoms with Gasteiger partial charge in [-0.15, -0.1) is 0 Å². The highest BCUT2D eigenvalue weighted by Gasteiger charge is 2.55. The highest BCUT2D eigenvalue weighted by Crippen LogP contribution is 2.48. The molecule has 3 heteroatoms. The standard InChI is InChI=1S/C23H22N2O/c1-24-22(26)21-17-25(21)23(18-11-5-2-6-12-18,19-13-7-3-8-14-19)20-15-9-4-10-16-20/h2-16,21H,17H2,1H3,(H,24,26)/t21-,25?/m0/s1. The van der Waals surface area contributed by atoms with E-state index >= 15 is 0 Å². The molecule has 1 saturated heterocycles. The Balaban J connectivity index is 1.97. The maximum atomic E-state index is 12.4. The lowest BCUT2D eigenvalue weighted by Gasteiger charge is -2.38. The Morgan fingerprint density at radius 1 is 0.808 bits per heavy atom. The smallest absolute Gasteiger partial charge is 0.238 e. The van der Waals surface area contributed by atoms with Crippen LogP contribution in [0.4, 0.5) is 0 Å². The minimum Gasteiger partial charge on any atom is -0.358 e. The van der Waals surface area contributed by atoms with E-state index in [1.165, 1.54) is 16.7 Å². The molecule has 1 amide bonds. The van der Waals surface area contributed by atoms with Gasteiger partial charge in [-0.3, -0.25) is 9.69 Å². The summed E-state index contributed by atoms with van der Waals surface area (Å²) in [6.07, 6.45) is 0. The third-order valence-electron chi connectivity index (χ3n) is 5.17. The van der Waals surface area contributed by atoms with Gasteiger partial charge < -0.3 is 5.32 Å². The summed E-state index contributed by atoms with van der Waals surface area (Å²) >= 11 is 0. The molecule has 1 heterocycles. The number of nitrogens with zero attached hydrogens (tertiary/aromatic N) is 1. The van der Waals surface area contributed by atoms with E-state index in [0.717, 1.165) is 6.54 Å². The number of likely N-dealkylation sites (N-methyl/N-ethyl adjacent to an activating group) is 1. The van der Waals surface area contributed by atoms with E-state index in [0.29, 0.717) is 0 Å². The van der Waals surface area contributed by atoms with Crippen molar-refractivity contribution in [2.45, 2.75) is 11.6 Å². The largest absolute Gasteiger partial charge is 0.358 e. The van der Waals surface area contributed by atoms with Crippen LogP contribution in [0.15, 0.2) is 91.0 Å². The van der Waals surface area contributed by atoms with Gasteiger partial charge in [-0.25, -0.2) is 0 Å². The molecule has 3 aromatic rings. The summed E-state index contributed by atoms with van der Waals surface area (Å²) in [6.45, 7) is 0.734. The molecule has 1 unspecified atom stereocenters. The summed E-state index contributed by atoms with van der Waals surface area (Å²) in [5.74, 6) is 0.0668. The van der Waals surface area contributed by atoms with Crippen LogP contribution in [0.25, 0.3) is 0 Å². The van der Waals surface area contributed by atoms with Crippen molar-refractivity contribution in [2.75, 3.05) is 13.6 Å². The Bertz CT molecular complexity index is 781. The molecule has 0 aliphatic carbocycles. The van der Waals surface area contributed by atoms with Crippen LogP contribution in [0.2, 0.25) is 0 Å². The van der Waals surface area contributed by atoms with Crippen molar-refractivity contribution in [3.8, 4) is 0 Å². The first-order valence-electron chi connectivity index (χ1n) is 8.93. The van der Waals surface area contributed by atoms with Gasteiger partial charge in [0.25, 0.3) is 0 Å². The van der Waals surface area contributed by atoms with Gasteiger partial charge in [-0.05, 0) is 16.7 Å². The van der Waals surface area contributed by atoms with Crippen LogP contribution < -0.4 is 5.32 Å². The lowest BCUT2D eigenvalue weighted by Crippen LogP contribution is -2.41. The number of hydrogen-bond acceptors (Lipinski definition) is 2. The highest BCUT2D eigenvalue weighted by atomic mass is 16.2. The van der Waals surface area contributed by atoms with E-state index in [2.05, 4.69) is 83.0 Å². The number of rotatable bonds is 5. The Labute approximate surface area is 154 Å². The normalized spacial score (nSPS) is 19.0. The Kier molecular flexibility index (Phi) is 4.31. The number of nitrogens with one attached hydrogen (secondary N) is 1. The van der Waals surface area contributed by atoms with Crippen LogP contribution in [0.3, 0.4) is 0 Å². The van der Waals surface area contributed by atoms with Crippen LogP contribution in [-0.2, 0) is 10.3 Å². The van der Waals surface area contributed by atoms with Crippen molar-refractivity contribution >= 4 is 5.91 Å². The first-order chi connectivity index (χ1) is 12.8. The van der Waals surface area contributed by atoms with Gasteiger partial charge in [0.15, 0.2) is 0 Å². The number of benzene rings is 3. The average Bonchev–Trinajstić information content (AvgIpc) is 3.52. The number of carbonyl (C=O) groups is 1. The third-order valence-corrected chi connectivity index (χ3v) is 5.17. The SMILES string of the molecule is CNC(=O)[C@@H]1CN1C(c1ccccc1)(c1ccccc1)c1ccccc1. The summed E-state index contributed by atoms with van der Waals surface area (Å²) in [5, 5.41) is 2.80. The summed E-state index contributed by atoms with van der Waals surface area (Å²) in [7, 11) is 1.70. The predicted molar refractivity (Wildman–Crippen MR) is 104 cm³/mol.